The lowest BCUT2D eigenvalue weighted by atomic mass is 10.2. The third kappa shape index (κ3) is 2.78. The van der Waals surface area contributed by atoms with Gasteiger partial charge < -0.3 is 4.42 Å². The van der Waals surface area contributed by atoms with Gasteiger partial charge in [0, 0.05) is 10.9 Å². The third-order valence-electron chi connectivity index (χ3n) is 3.79. The second-order valence-corrected chi connectivity index (χ2v) is 6.40. The SMILES string of the molecule is Cc1nc(Sc2nc(-c3ccccc3)nc3ccccc23)oc1C. The Balaban J connectivity index is 1.86. The molecule has 0 aliphatic rings. The van der Waals surface area contributed by atoms with Gasteiger partial charge in [-0.15, -0.1) is 0 Å². The summed E-state index contributed by atoms with van der Waals surface area (Å²) >= 11 is 1.43. The molecular weight excluding hydrogens is 318 g/mol. The normalized spacial score (nSPS) is 11.1. The van der Waals surface area contributed by atoms with Crippen molar-refractivity contribution >= 4 is 22.7 Å². The molecule has 0 spiro atoms. The highest BCUT2D eigenvalue weighted by Gasteiger charge is 2.14. The highest BCUT2D eigenvalue weighted by molar-refractivity contribution is 7.99. The Morgan fingerprint density at radius 2 is 1.58 bits per heavy atom. The molecule has 118 valence electrons. The number of aryl methyl sites for hydroxylation is 2. The number of oxazole rings is 1. The number of benzene rings is 2. The van der Waals surface area contributed by atoms with E-state index in [1.807, 2.05) is 68.4 Å². The van der Waals surface area contributed by atoms with Crippen LogP contribution in [0.25, 0.3) is 22.3 Å². The summed E-state index contributed by atoms with van der Waals surface area (Å²) in [6, 6.07) is 18.0. The van der Waals surface area contributed by atoms with E-state index in [0.717, 1.165) is 32.9 Å². The fraction of sp³-hybridized carbons (Fsp3) is 0.105. The van der Waals surface area contributed by atoms with Crippen LogP contribution in [-0.2, 0) is 0 Å². The largest absolute Gasteiger partial charge is 0.436 e. The number of rotatable bonds is 3. The molecular formula is C19H15N3OS. The van der Waals surface area contributed by atoms with E-state index in [2.05, 4.69) is 4.98 Å². The highest BCUT2D eigenvalue weighted by atomic mass is 32.2. The van der Waals surface area contributed by atoms with Crippen molar-refractivity contribution in [1.82, 2.24) is 15.0 Å². The van der Waals surface area contributed by atoms with Crippen LogP contribution in [0.1, 0.15) is 11.5 Å². The minimum atomic E-state index is 0.605. The Labute approximate surface area is 144 Å². The molecule has 5 heteroatoms. The van der Waals surface area contributed by atoms with Gasteiger partial charge in [-0.1, -0.05) is 48.5 Å². The van der Waals surface area contributed by atoms with Gasteiger partial charge in [-0.25, -0.2) is 15.0 Å². The molecule has 0 amide bonds. The average molecular weight is 333 g/mol. The van der Waals surface area contributed by atoms with E-state index in [-0.39, 0.29) is 0 Å². The molecule has 4 aromatic rings. The van der Waals surface area contributed by atoms with Crippen LogP contribution in [0.3, 0.4) is 0 Å². The summed E-state index contributed by atoms with van der Waals surface area (Å²) < 4.78 is 5.70. The number of fused-ring (bicyclic) bond motifs is 1. The van der Waals surface area contributed by atoms with E-state index in [1.165, 1.54) is 11.8 Å². The lowest BCUT2D eigenvalue weighted by Gasteiger charge is -2.07. The third-order valence-corrected chi connectivity index (χ3v) is 4.65. The van der Waals surface area contributed by atoms with Gasteiger partial charge in [-0.2, -0.15) is 0 Å². The summed E-state index contributed by atoms with van der Waals surface area (Å²) in [6.07, 6.45) is 0. The van der Waals surface area contributed by atoms with Gasteiger partial charge in [0.1, 0.15) is 10.8 Å². The van der Waals surface area contributed by atoms with Crippen molar-refractivity contribution in [2.75, 3.05) is 0 Å². The number of hydrogen-bond donors (Lipinski definition) is 0. The smallest absolute Gasteiger partial charge is 0.262 e. The topological polar surface area (TPSA) is 51.8 Å². The molecule has 0 unspecified atom stereocenters. The van der Waals surface area contributed by atoms with E-state index in [0.29, 0.717) is 11.0 Å². The molecule has 2 aromatic carbocycles. The van der Waals surface area contributed by atoms with Gasteiger partial charge in [-0.3, -0.25) is 0 Å². The van der Waals surface area contributed by atoms with Crippen LogP contribution in [-0.4, -0.2) is 15.0 Å². The standard InChI is InChI=1S/C19H15N3OS/c1-12-13(2)23-19(20-12)24-18-15-10-6-7-11-16(15)21-17(22-18)14-8-4-3-5-9-14/h3-11H,1-2H3. The molecule has 0 aliphatic carbocycles. The molecule has 0 bridgehead atoms. The van der Waals surface area contributed by atoms with E-state index >= 15 is 0 Å². The molecule has 24 heavy (non-hydrogen) atoms. The van der Waals surface area contributed by atoms with Crippen LogP contribution in [0.5, 0.6) is 0 Å². The molecule has 2 aromatic heterocycles. The van der Waals surface area contributed by atoms with E-state index in [9.17, 15) is 0 Å². The zero-order chi connectivity index (χ0) is 16.5. The van der Waals surface area contributed by atoms with Gasteiger partial charge in [0.15, 0.2) is 5.82 Å². The van der Waals surface area contributed by atoms with Crippen LogP contribution in [0, 0.1) is 13.8 Å². The minimum absolute atomic E-state index is 0.605. The summed E-state index contributed by atoms with van der Waals surface area (Å²) in [5, 5.41) is 2.45. The number of nitrogens with zero attached hydrogens (tertiary/aromatic N) is 3. The molecule has 4 rings (SSSR count). The van der Waals surface area contributed by atoms with Gasteiger partial charge in [0.2, 0.25) is 0 Å². The molecule has 0 radical (unpaired) electrons. The van der Waals surface area contributed by atoms with Crippen molar-refractivity contribution in [3.8, 4) is 11.4 Å². The van der Waals surface area contributed by atoms with Crippen molar-refractivity contribution in [3.63, 3.8) is 0 Å². The number of para-hydroxylation sites is 1. The molecule has 0 saturated carbocycles. The summed E-state index contributed by atoms with van der Waals surface area (Å²) in [4.78, 5) is 13.9. The predicted molar refractivity (Wildman–Crippen MR) is 95.1 cm³/mol. The van der Waals surface area contributed by atoms with Crippen molar-refractivity contribution in [2.45, 2.75) is 24.1 Å². The molecule has 0 atom stereocenters. The molecule has 0 saturated heterocycles. The Morgan fingerprint density at radius 3 is 2.33 bits per heavy atom. The van der Waals surface area contributed by atoms with Gasteiger partial charge >= 0.3 is 0 Å². The van der Waals surface area contributed by atoms with Gasteiger partial charge in [0.25, 0.3) is 5.22 Å². The van der Waals surface area contributed by atoms with Crippen molar-refractivity contribution in [3.05, 3.63) is 66.1 Å². The first kappa shape index (κ1) is 14.9. The zero-order valence-corrected chi connectivity index (χ0v) is 14.2. The first-order chi connectivity index (χ1) is 11.7. The maximum absolute atomic E-state index is 5.70. The number of aromatic nitrogens is 3. The maximum atomic E-state index is 5.70. The maximum Gasteiger partial charge on any atom is 0.262 e. The van der Waals surface area contributed by atoms with Crippen molar-refractivity contribution in [1.29, 1.82) is 0 Å². The second-order valence-electron chi connectivity index (χ2n) is 5.46. The molecule has 0 N–H and O–H groups in total. The Morgan fingerprint density at radius 1 is 0.833 bits per heavy atom. The summed E-state index contributed by atoms with van der Waals surface area (Å²) in [7, 11) is 0. The van der Waals surface area contributed by atoms with E-state index in [1.54, 1.807) is 0 Å². The van der Waals surface area contributed by atoms with Crippen LogP contribution >= 0.6 is 11.8 Å². The summed E-state index contributed by atoms with van der Waals surface area (Å²) in [5.74, 6) is 1.54. The Hall–Kier alpha value is -2.66. The average Bonchev–Trinajstić information content (AvgIpc) is 2.93. The first-order valence-electron chi connectivity index (χ1n) is 7.65. The van der Waals surface area contributed by atoms with Crippen LogP contribution in [0.2, 0.25) is 0 Å². The van der Waals surface area contributed by atoms with Crippen molar-refractivity contribution < 1.29 is 4.42 Å². The monoisotopic (exact) mass is 333 g/mol. The summed E-state index contributed by atoms with van der Waals surface area (Å²) in [5.41, 5.74) is 2.80. The zero-order valence-electron chi connectivity index (χ0n) is 13.4. The lowest BCUT2D eigenvalue weighted by Crippen LogP contribution is -1.93. The fourth-order valence-corrected chi connectivity index (χ4v) is 3.34. The van der Waals surface area contributed by atoms with Gasteiger partial charge in [-0.05, 0) is 31.7 Å². The minimum Gasteiger partial charge on any atom is -0.436 e. The first-order valence-corrected chi connectivity index (χ1v) is 8.46. The molecule has 2 heterocycles. The lowest BCUT2D eigenvalue weighted by molar-refractivity contribution is 0.431. The summed E-state index contributed by atoms with van der Waals surface area (Å²) in [6.45, 7) is 3.86. The van der Waals surface area contributed by atoms with Crippen molar-refractivity contribution in [2.24, 2.45) is 0 Å². The van der Waals surface area contributed by atoms with Crippen LogP contribution in [0.4, 0.5) is 0 Å². The van der Waals surface area contributed by atoms with Crippen LogP contribution < -0.4 is 0 Å². The molecule has 0 fully saturated rings. The molecule has 0 aliphatic heterocycles. The van der Waals surface area contributed by atoms with Crippen LogP contribution in [0.15, 0.2) is 69.3 Å². The Bertz CT molecular complexity index is 992. The Kier molecular flexibility index (Phi) is 3.78. The second kappa shape index (κ2) is 6.09. The predicted octanol–water partition coefficient (Wildman–Crippen LogP) is 5.05. The van der Waals surface area contributed by atoms with E-state index in [4.69, 9.17) is 14.4 Å². The van der Waals surface area contributed by atoms with E-state index < -0.39 is 0 Å². The fourth-order valence-electron chi connectivity index (χ4n) is 2.41. The highest BCUT2D eigenvalue weighted by Crippen LogP contribution is 2.33. The quantitative estimate of drug-likeness (QED) is 0.491. The molecule has 4 nitrogen and oxygen atoms in total. The number of hydrogen-bond acceptors (Lipinski definition) is 5. The van der Waals surface area contributed by atoms with Gasteiger partial charge in [0.05, 0.1) is 11.2 Å².